The van der Waals surface area contributed by atoms with Crippen LogP contribution in [0.2, 0.25) is 0 Å². The Morgan fingerprint density at radius 1 is 1.44 bits per heavy atom. The van der Waals surface area contributed by atoms with E-state index in [4.69, 9.17) is 15.9 Å². The van der Waals surface area contributed by atoms with Gasteiger partial charge in [0.25, 0.3) is 0 Å². The quantitative estimate of drug-likeness (QED) is 0.592. The van der Waals surface area contributed by atoms with E-state index in [-0.39, 0.29) is 11.9 Å². The average Bonchev–Trinajstić information content (AvgIpc) is 2.20. The Bertz CT molecular complexity index is 374. The first-order valence-corrected chi connectivity index (χ1v) is 5.59. The molecule has 0 bridgehead atoms. The van der Waals surface area contributed by atoms with Gasteiger partial charge in [-0.05, 0) is 31.9 Å². The van der Waals surface area contributed by atoms with Gasteiger partial charge in [-0.3, -0.25) is 5.41 Å². The molecule has 3 nitrogen and oxygen atoms in total. The lowest BCUT2D eigenvalue weighted by Crippen LogP contribution is -2.24. The molecule has 0 aliphatic heterocycles. The van der Waals surface area contributed by atoms with Gasteiger partial charge in [0.05, 0.1) is 5.84 Å². The molecule has 0 amide bonds. The number of rotatable bonds is 5. The SMILES string of the molecule is CCC(CC(=N)N)Oc1ccc(C)cc1C. The number of hydrogen-bond acceptors (Lipinski definition) is 2. The Morgan fingerprint density at radius 2 is 2.12 bits per heavy atom. The summed E-state index contributed by atoms with van der Waals surface area (Å²) in [5, 5.41) is 7.28. The van der Waals surface area contributed by atoms with Gasteiger partial charge >= 0.3 is 0 Å². The number of aryl methyl sites for hydroxylation is 2. The molecule has 0 radical (unpaired) electrons. The standard InChI is InChI=1S/C13H20N2O/c1-4-11(8-13(14)15)16-12-6-5-9(2)7-10(12)3/h5-7,11H,4,8H2,1-3H3,(H3,14,15). The third-order valence-corrected chi connectivity index (χ3v) is 2.53. The molecular weight excluding hydrogens is 200 g/mol. The third kappa shape index (κ3) is 3.57. The topological polar surface area (TPSA) is 59.1 Å². The van der Waals surface area contributed by atoms with Crippen molar-refractivity contribution in [2.75, 3.05) is 0 Å². The zero-order chi connectivity index (χ0) is 12.1. The van der Waals surface area contributed by atoms with Gasteiger partial charge < -0.3 is 10.5 Å². The highest BCUT2D eigenvalue weighted by Crippen LogP contribution is 2.21. The molecule has 16 heavy (non-hydrogen) atoms. The second kappa shape index (κ2) is 5.54. The molecule has 0 aliphatic rings. The van der Waals surface area contributed by atoms with Gasteiger partial charge in [-0.2, -0.15) is 0 Å². The molecule has 0 saturated carbocycles. The minimum absolute atomic E-state index is 0.00101. The van der Waals surface area contributed by atoms with Gasteiger partial charge in [0.15, 0.2) is 0 Å². The van der Waals surface area contributed by atoms with Crippen molar-refractivity contribution in [3.8, 4) is 5.75 Å². The van der Waals surface area contributed by atoms with E-state index in [9.17, 15) is 0 Å². The third-order valence-electron chi connectivity index (χ3n) is 2.53. The van der Waals surface area contributed by atoms with Crippen LogP contribution in [0.15, 0.2) is 18.2 Å². The summed E-state index contributed by atoms with van der Waals surface area (Å²) in [4.78, 5) is 0. The van der Waals surface area contributed by atoms with Crippen LogP contribution < -0.4 is 10.5 Å². The van der Waals surface area contributed by atoms with Gasteiger partial charge in [-0.15, -0.1) is 0 Å². The lowest BCUT2D eigenvalue weighted by atomic mass is 10.1. The fourth-order valence-electron chi connectivity index (χ4n) is 1.63. The highest BCUT2D eigenvalue weighted by atomic mass is 16.5. The second-order valence-corrected chi connectivity index (χ2v) is 4.15. The monoisotopic (exact) mass is 220 g/mol. The van der Waals surface area contributed by atoms with Crippen molar-refractivity contribution in [2.45, 2.75) is 39.7 Å². The van der Waals surface area contributed by atoms with Gasteiger partial charge in [-0.25, -0.2) is 0 Å². The maximum atomic E-state index is 7.28. The smallest absolute Gasteiger partial charge is 0.122 e. The van der Waals surface area contributed by atoms with Crippen LogP contribution in [0.4, 0.5) is 0 Å². The Kier molecular flexibility index (Phi) is 4.35. The first-order chi connectivity index (χ1) is 7.52. The molecule has 0 fully saturated rings. The van der Waals surface area contributed by atoms with E-state index in [1.54, 1.807) is 0 Å². The van der Waals surface area contributed by atoms with Crippen molar-refractivity contribution < 1.29 is 4.74 Å². The highest BCUT2D eigenvalue weighted by Gasteiger charge is 2.11. The number of hydrogen-bond donors (Lipinski definition) is 2. The summed E-state index contributed by atoms with van der Waals surface area (Å²) in [6, 6.07) is 6.10. The maximum absolute atomic E-state index is 7.28. The molecule has 1 atom stereocenters. The van der Waals surface area contributed by atoms with Gasteiger partial charge in [0.1, 0.15) is 11.9 Å². The summed E-state index contributed by atoms with van der Waals surface area (Å²) >= 11 is 0. The number of nitrogens with one attached hydrogen (secondary N) is 1. The Labute approximate surface area is 97.1 Å². The summed E-state index contributed by atoms with van der Waals surface area (Å²) in [5.41, 5.74) is 7.74. The minimum Gasteiger partial charge on any atom is -0.490 e. The number of amidine groups is 1. The van der Waals surface area contributed by atoms with Gasteiger partial charge in [0.2, 0.25) is 0 Å². The van der Waals surface area contributed by atoms with Crippen molar-refractivity contribution in [3.63, 3.8) is 0 Å². The molecular formula is C13H20N2O. The predicted molar refractivity (Wildman–Crippen MR) is 67.2 cm³/mol. The molecule has 0 saturated heterocycles. The zero-order valence-corrected chi connectivity index (χ0v) is 10.2. The maximum Gasteiger partial charge on any atom is 0.122 e. The molecule has 3 heteroatoms. The second-order valence-electron chi connectivity index (χ2n) is 4.15. The molecule has 1 aromatic carbocycles. The van der Waals surface area contributed by atoms with Crippen LogP contribution >= 0.6 is 0 Å². The summed E-state index contributed by atoms with van der Waals surface area (Å²) in [7, 11) is 0. The Balaban J connectivity index is 2.73. The fraction of sp³-hybridized carbons (Fsp3) is 0.462. The molecule has 88 valence electrons. The van der Waals surface area contributed by atoms with Crippen LogP contribution in [-0.4, -0.2) is 11.9 Å². The predicted octanol–water partition coefficient (Wildman–Crippen LogP) is 2.79. The summed E-state index contributed by atoms with van der Waals surface area (Å²) in [6.45, 7) is 6.13. The Morgan fingerprint density at radius 3 is 2.62 bits per heavy atom. The van der Waals surface area contributed by atoms with Gasteiger partial charge in [0, 0.05) is 6.42 Å². The van der Waals surface area contributed by atoms with Crippen molar-refractivity contribution in [3.05, 3.63) is 29.3 Å². The molecule has 0 heterocycles. The van der Waals surface area contributed by atoms with Crippen LogP contribution in [0, 0.1) is 19.3 Å². The van der Waals surface area contributed by atoms with Crippen molar-refractivity contribution in [1.82, 2.24) is 0 Å². The van der Waals surface area contributed by atoms with E-state index in [1.165, 1.54) is 5.56 Å². The van der Waals surface area contributed by atoms with E-state index < -0.39 is 0 Å². The van der Waals surface area contributed by atoms with E-state index in [2.05, 4.69) is 13.0 Å². The van der Waals surface area contributed by atoms with Crippen molar-refractivity contribution in [1.29, 1.82) is 5.41 Å². The lowest BCUT2D eigenvalue weighted by molar-refractivity contribution is 0.203. The van der Waals surface area contributed by atoms with E-state index in [0.717, 1.165) is 17.7 Å². The minimum atomic E-state index is -0.00101. The zero-order valence-electron chi connectivity index (χ0n) is 10.2. The number of nitrogens with two attached hydrogens (primary N) is 1. The van der Waals surface area contributed by atoms with Crippen molar-refractivity contribution in [2.24, 2.45) is 5.73 Å². The molecule has 0 spiro atoms. The summed E-state index contributed by atoms with van der Waals surface area (Å²) < 4.78 is 5.84. The highest BCUT2D eigenvalue weighted by molar-refractivity contribution is 5.77. The van der Waals surface area contributed by atoms with Crippen LogP contribution in [0.1, 0.15) is 30.9 Å². The molecule has 1 aromatic rings. The fourth-order valence-corrected chi connectivity index (χ4v) is 1.63. The first-order valence-electron chi connectivity index (χ1n) is 5.59. The average molecular weight is 220 g/mol. The van der Waals surface area contributed by atoms with Crippen LogP contribution in [0.3, 0.4) is 0 Å². The van der Waals surface area contributed by atoms with Crippen molar-refractivity contribution >= 4 is 5.84 Å². The van der Waals surface area contributed by atoms with Gasteiger partial charge in [-0.1, -0.05) is 24.6 Å². The van der Waals surface area contributed by atoms with E-state index >= 15 is 0 Å². The molecule has 0 aromatic heterocycles. The van der Waals surface area contributed by atoms with E-state index in [1.807, 2.05) is 26.0 Å². The van der Waals surface area contributed by atoms with Crippen LogP contribution in [-0.2, 0) is 0 Å². The first kappa shape index (κ1) is 12.6. The largest absolute Gasteiger partial charge is 0.490 e. The van der Waals surface area contributed by atoms with Crippen LogP contribution in [0.5, 0.6) is 5.75 Å². The van der Waals surface area contributed by atoms with Crippen LogP contribution in [0.25, 0.3) is 0 Å². The molecule has 1 unspecified atom stereocenters. The lowest BCUT2D eigenvalue weighted by Gasteiger charge is -2.18. The summed E-state index contributed by atoms with van der Waals surface area (Å²) in [6.07, 6.45) is 1.34. The molecule has 0 aliphatic carbocycles. The molecule has 3 N–H and O–H groups in total. The number of benzene rings is 1. The summed E-state index contributed by atoms with van der Waals surface area (Å²) in [5.74, 6) is 1.07. The Hall–Kier alpha value is -1.51. The molecule has 1 rings (SSSR count). The normalized spacial score (nSPS) is 12.2. The van der Waals surface area contributed by atoms with E-state index in [0.29, 0.717) is 6.42 Å². The number of ether oxygens (including phenoxy) is 1.